The lowest BCUT2D eigenvalue weighted by Crippen LogP contribution is -2.13. The Kier molecular flexibility index (Phi) is 5.69. The molecule has 1 atom stereocenters. The molecule has 0 amide bonds. The van der Waals surface area contributed by atoms with Gasteiger partial charge in [0.05, 0.1) is 0 Å². The normalized spacial score (nSPS) is 12.0. The summed E-state index contributed by atoms with van der Waals surface area (Å²) in [7, 11) is 0. The van der Waals surface area contributed by atoms with E-state index >= 15 is 0 Å². The fourth-order valence-corrected chi connectivity index (χ4v) is 1.32. The molecular formula is C10H15ClFNO. The van der Waals surface area contributed by atoms with Gasteiger partial charge in [0.2, 0.25) is 0 Å². The number of hydrogen-bond donors (Lipinski definition) is 2. The summed E-state index contributed by atoms with van der Waals surface area (Å²) in [6.45, 7) is 1.72. The predicted octanol–water partition coefficient (Wildman–Crippen LogP) is 1.94. The van der Waals surface area contributed by atoms with Crippen molar-refractivity contribution in [1.82, 2.24) is 0 Å². The Morgan fingerprint density at radius 1 is 1.50 bits per heavy atom. The van der Waals surface area contributed by atoms with Gasteiger partial charge in [0, 0.05) is 12.6 Å². The van der Waals surface area contributed by atoms with Crippen molar-refractivity contribution < 1.29 is 9.50 Å². The standard InChI is InChI=1S/C10H14FNO.ClH/c1-7-8(10(12)5-6-13)3-2-4-9(7)11;/h2-4,10,13H,5-6,12H2,1H3;1H/t10-;/m0./s1. The monoisotopic (exact) mass is 219 g/mol. The van der Waals surface area contributed by atoms with Crippen molar-refractivity contribution in [2.24, 2.45) is 5.73 Å². The zero-order valence-electron chi connectivity index (χ0n) is 8.03. The van der Waals surface area contributed by atoms with Crippen LogP contribution in [0.1, 0.15) is 23.6 Å². The number of nitrogens with two attached hydrogens (primary N) is 1. The molecule has 1 aromatic carbocycles. The van der Waals surface area contributed by atoms with Crippen LogP contribution in [0.3, 0.4) is 0 Å². The highest BCUT2D eigenvalue weighted by molar-refractivity contribution is 5.85. The summed E-state index contributed by atoms with van der Waals surface area (Å²) in [4.78, 5) is 0. The molecule has 0 aliphatic heterocycles. The highest BCUT2D eigenvalue weighted by Gasteiger charge is 2.10. The van der Waals surface area contributed by atoms with Gasteiger partial charge in [-0.15, -0.1) is 12.4 Å². The lowest BCUT2D eigenvalue weighted by Gasteiger charge is -2.13. The summed E-state index contributed by atoms with van der Waals surface area (Å²) in [6.07, 6.45) is 0.463. The number of halogens is 2. The second-order valence-corrected chi connectivity index (χ2v) is 3.07. The van der Waals surface area contributed by atoms with E-state index in [1.54, 1.807) is 19.1 Å². The number of benzene rings is 1. The molecule has 0 heterocycles. The highest BCUT2D eigenvalue weighted by atomic mass is 35.5. The quantitative estimate of drug-likeness (QED) is 0.816. The molecule has 3 N–H and O–H groups in total. The molecule has 14 heavy (non-hydrogen) atoms. The molecule has 0 fully saturated rings. The van der Waals surface area contributed by atoms with Crippen LogP contribution >= 0.6 is 12.4 Å². The molecule has 0 bridgehead atoms. The van der Waals surface area contributed by atoms with Gasteiger partial charge in [-0.3, -0.25) is 0 Å². The van der Waals surface area contributed by atoms with Crippen LogP contribution in [-0.2, 0) is 0 Å². The molecule has 4 heteroatoms. The van der Waals surface area contributed by atoms with Crippen LogP contribution in [0.25, 0.3) is 0 Å². The number of hydrogen-bond acceptors (Lipinski definition) is 2. The van der Waals surface area contributed by atoms with Gasteiger partial charge in [-0.25, -0.2) is 4.39 Å². The molecule has 80 valence electrons. The average molecular weight is 220 g/mol. The van der Waals surface area contributed by atoms with Crippen LogP contribution in [-0.4, -0.2) is 11.7 Å². The number of rotatable bonds is 3. The first-order chi connectivity index (χ1) is 6.16. The van der Waals surface area contributed by atoms with Crippen molar-refractivity contribution in [3.8, 4) is 0 Å². The Bertz CT molecular complexity index is 293. The number of aliphatic hydroxyl groups is 1. The minimum atomic E-state index is -0.277. The van der Waals surface area contributed by atoms with Crippen molar-refractivity contribution in [3.05, 3.63) is 35.1 Å². The van der Waals surface area contributed by atoms with Crippen molar-refractivity contribution in [2.75, 3.05) is 6.61 Å². The molecule has 0 aromatic heterocycles. The fourth-order valence-electron chi connectivity index (χ4n) is 1.32. The molecule has 0 saturated heterocycles. The first kappa shape index (κ1) is 13.4. The average Bonchev–Trinajstić information content (AvgIpc) is 2.10. The van der Waals surface area contributed by atoms with Crippen molar-refractivity contribution in [2.45, 2.75) is 19.4 Å². The lowest BCUT2D eigenvalue weighted by atomic mass is 9.99. The summed E-state index contributed by atoms with van der Waals surface area (Å²) in [5, 5.41) is 8.68. The summed E-state index contributed by atoms with van der Waals surface area (Å²) >= 11 is 0. The van der Waals surface area contributed by atoms with Crippen LogP contribution in [0.15, 0.2) is 18.2 Å². The minimum Gasteiger partial charge on any atom is -0.396 e. The van der Waals surface area contributed by atoms with Gasteiger partial charge >= 0.3 is 0 Å². The van der Waals surface area contributed by atoms with E-state index < -0.39 is 0 Å². The summed E-state index contributed by atoms with van der Waals surface area (Å²) < 4.78 is 13.1. The van der Waals surface area contributed by atoms with Crippen molar-refractivity contribution in [3.63, 3.8) is 0 Å². The Balaban J connectivity index is 0.00000169. The van der Waals surface area contributed by atoms with E-state index in [9.17, 15) is 4.39 Å². The molecule has 2 nitrogen and oxygen atoms in total. The van der Waals surface area contributed by atoms with Gasteiger partial charge in [0.25, 0.3) is 0 Å². The minimum absolute atomic E-state index is 0. The van der Waals surface area contributed by atoms with Gasteiger partial charge in [-0.2, -0.15) is 0 Å². The van der Waals surface area contributed by atoms with Crippen LogP contribution in [0.2, 0.25) is 0 Å². The van der Waals surface area contributed by atoms with Gasteiger partial charge < -0.3 is 10.8 Å². The fraction of sp³-hybridized carbons (Fsp3) is 0.400. The highest BCUT2D eigenvalue weighted by Crippen LogP contribution is 2.19. The third-order valence-electron chi connectivity index (χ3n) is 2.15. The van der Waals surface area contributed by atoms with E-state index in [0.29, 0.717) is 12.0 Å². The molecule has 0 radical (unpaired) electrons. The first-order valence-electron chi connectivity index (χ1n) is 4.28. The summed E-state index contributed by atoms with van der Waals surface area (Å²) in [5.41, 5.74) is 7.09. The van der Waals surface area contributed by atoms with Gasteiger partial charge in [0.1, 0.15) is 5.82 Å². The van der Waals surface area contributed by atoms with Crippen LogP contribution in [0.4, 0.5) is 4.39 Å². The zero-order valence-corrected chi connectivity index (χ0v) is 8.85. The number of aliphatic hydroxyl groups excluding tert-OH is 1. The molecule has 0 saturated carbocycles. The second kappa shape index (κ2) is 5.96. The Labute approximate surface area is 89.3 Å². The van der Waals surface area contributed by atoms with Crippen molar-refractivity contribution in [1.29, 1.82) is 0 Å². The van der Waals surface area contributed by atoms with Gasteiger partial charge in [0.15, 0.2) is 0 Å². The maximum Gasteiger partial charge on any atom is 0.126 e. The first-order valence-corrected chi connectivity index (χ1v) is 4.28. The van der Waals surface area contributed by atoms with E-state index in [4.69, 9.17) is 10.8 Å². The van der Waals surface area contributed by atoms with E-state index in [1.165, 1.54) is 6.07 Å². The topological polar surface area (TPSA) is 46.2 Å². The predicted molar refractivity (Wildman–Crippen MR) is 57.0 cm³/mol. The Hall–Kier alpha value is -0.640. The van der Waals surface area contributed by atoms with E-state index in [-0.39, 0.29) is 30.9 Å². The summed E-state index contributed by atoms with van der Waals surface area (Å²) in [5.74, 6) is -0.245. The third-order valence-corrected chi connectivity index (χ3v) is 2.15. The SMILES string of the molecule is Cc1c(F)cccc1[C@@H](N)CCO.Cl. The lowest BCUT2D eigenvalue weighted by molar-refractivity contribution is 0.276. The van der Waals surface area contributed by atoms with Crippen LogP contribution < -0.4 is 5.73 Å². The van der Waals surface area contributed by atoms with Crippen molar-refractivity contribution >= 4 is 12.4 Å². The van der Waals surface area contributed by atoms with E-state index in [2.05, 4.69) is 0 Å². The molecule has 0 spiro atoms. The maximum absolute atomic E-state index is 13.1. The molecular weight excluding hydrogens is 205 g/mol. The van der Waals surface area contributed by atoms with E-state index in [0.717, 1.165) is 5.56 Å². The smallest absolute Gasteiger partial charge is 0.126 e. The molecule has 1 rings (SSSR count). The maximum atomic E-state index is 13.1. The largest absolute Gasteiger partial charge is 0.396 e. The molecule has 0 aliphatic rings. The molecule has 1 aromatic rings. The van der Waals surface area contributed by atoms with Gasteiger partial charge in [-0.05, 0) is 30.5 Å². The molecule has 0 aliphatic carbocycles. The second-order valence-electron chi connectivity index (χ2n) is 3.07. The summed E-state index contributed by atoms with van der Waals surface area (Å²) in [6, 6.07) is 4.55. The van der Waals surface area contributed by atoms with Crippen LogP contribution in [0.5, 0.6) is 0 Å². The Morgan fingerprint density at radius 3 is 2.71 bits per heavy atom. The van der Waals surface area contributed by atoms with Crippen LogP contribution in [0, 0.1) is 12.7 Å². The zero-order chi connectivity index (χ0) is 9.84. The van der Waals surface area contributed by atoms with E-state index in [1.807, 2.05) is 0 Å². The molecule has 0 unspecified atom stereocenters. The third kappa shape index (κ3) is 2.94. The Morgan fingerprint density at radius 2 is 2.14 bits per heavy atom. The van der Waals surface area contributed by atoms with Gasteiger partial charge in [-0.1, -0.05) is 12.1 Å².